The number of nitrogens with two attached hydrogens (primary N) is 1. The number of aryl methyl sites for hydroxylation is 3. The number of allylic oxidation sites excluding steroid dienone is 1. The summed E-state index contributed by atoms with van der Waals surface area (Å²) >= 11 is 5.68. The molecule has 1 atom stereocenters. The van der Waals surface area contributed by atoms with E-state index < -0.39 is 6.10 Å². The molecular weight excluding hydrogens is 992 g/mol. The Labute approximate surface area is 477 Å². The Morgan fingerprint density at radius 1 is 0.628 bits per heavy atom. The number of hydrogen-bond acceptors (Lipinski definition) is 4. The fraction of sp³-hybridized carbons (Fsp3) is 0.478. The number of benzene rings is 4. The lowest BCUT2D eigenvalue weighted by atomic mass is 9.86. The van der Waals surface area contributed by atoms with Crippen LogP contribution in [0, 0.1) is 55.1 Å². The van der Waals surface area contributed by atoms with Gasteiger partial charge in [-0.3, -0.25) is 4.79 Å². The first kappa shape index (κ1) is 72.2. The zero-order valence-corrected chi connectivity index (χ0v) is 53.3. The quantitative estimate of drug-likeness (QED) is 0.0970. The number of carbonyl (C=O) groups is 1. The first-order valence-corrected chi connectivity index (χ1v) is 27.2. The van der Waals surface area contributed by atoms with E-state index in [4.69, 9.17) is 22.4 Å². The van der Waals surface area contributed by atoms with Gasteiger partial charge in [0.25, 0.3) is 0 Å². The van der Waals surface area contributed by atoms with Crippen molar-refractivity contribution in [1.82, 2.24) is 9.97 Å². The number of carbonyl (C=O) groups excluding carboxylic acids is 1. The summed E-state index contributed by atoms with van der Waals surface area (Å²) in [7, 11) is 0. The number of rotatable bonds is 1. The van der Waals surface area contributed by atoms with Gasteiger partial charge in [0.1, 0.15) is 29.1 Å². The van der Waals surface area contributed by atoms with Crippen LogP contribution in [0.2, 0.25) is 5.02 Å². The van der Waals surface area contributed by atoms with E-state index in [2.05, 4.69) is 169 Å². The summed E-state index contributed by atoms with van der Waals surface area (Å²) in [5.41, 5.74) is 15.6. The standard InChI is InChI=1S/2C11H15F.C11H14N2.C11H16.C10H13ClO.C8H14O.C7H13NO/c1-8-5-9(11(2,3)4)7-10(12)6-8;1-8-7-9(11(2,3)4)5-6-10(8)12;1-11(2,3)9-6-8-4-5-12-10(8)13-7-9;1-9-6-5-7-10(8-9)11(2,3)4;1-10(2,3)7-4-5-8(11)9(12)6-7;1-7(9)5-6-8(2,3)4;1-7(2,3)5-4-6(8)9/h2*5-7H,1-4H3;4-7H,1-3H3,(H,12,13);5-8H,1-4H3;4-6,12H,1-3H3;7,9H,1-4H3;4-5H,1-3H3,(H2,8,9)/b;;;;;;5-4+/t;;;;;7-;/m.....1./s1. The summed E-state index contributed by atoms with van der Waals surface area (Å²) in [5, 5.41) is 19.7. The van der Waals surface area contributed by atoms with E-state index in [1.165, 1.54) is 39.8 Å². The van der Waals surface area contributed by atoms with Gasteiger partial charge in [-0.05, 0) is 168 Å². The minimum atomic E-state index is -0.496. The van der Waals surface area contributed by atoms with Crippen LogP contribution < -0.4 is 5.73 Å². The van der Waals surface area contributed by atoms with E-state index in [-0.39, 0.29) is 61.2 Å². The molecule has 430 valence electrons. The van der Waals surface area contributed by atoms with E-state index in [0.29, 0.717) is 5.02 Å². The van der Waals surface area contributed by atoms with Crippen LogP contribution in [0.15, 0.2) is 116 Å². The van der Waals surface area contributed by atoms with E-state index in [1.54, 1.807) is 44.2 Å². The SMILES string of the molecule is CC(C)(C)/C=C/C(N)=O.CC(C)(C)c1ccc(Cl)c(O)c1.CC(C)(C)c1cnc2[nH]ccc2c1.C[C@@H](O)C#CC(C)(C)C.Cc1cc(C(C)(C)C)ccc1F.Cc1cc(F)cc(C(C)(C)C)c1.Cc1cccc(C(C)(C)C)c1. The summed E-state index contributed by atoms with van der Waals surface area (Å²) in [6.07, 6.45) is 6.54. The van der Waals surface area contributed by atoms with Crippen molar-refractivity contribution in [2.45, 2.75) is 206 Å². The monoisotopic (exact) mass is 1090 g/mol. The number of halogens is 3. The van der Waals surface area contributed by atoms with Crippen molar-refractivity contribution in [3.63, 3.8) is 0 Å². The number of fused-ring (bicyclic) bond motifs is 1. The zero-order chi connectivity index (χ0) is 61.0. The number of pyridine rings is 1. The highest BCUT2D eigenvalue weighted by atomic mass is 35.5. The van der Waals surface area contributed by atoms with E-state index in [0.717, 1.165) is 27.9 Å². The van der Waals surface area contributed by atoms with E-state index in [1.807, 2.05) is 85.1 Å². The summed E-state index contributed by atoms with van der Waals surface area (Å²) in [6.45, 7) is 51.8. The molecule has 0 aliphatic rings. The molecule has 4 aromatic carbocycles. The molecule has 6 nitrogen and oxygen atoms in total. The van der Waals surface area contributed by atoms with Gasteiger partial charge in [0.2, 0.25) is 5.91 Å². The molecule has 2 aromatic heterocycles. The Morgan fingerprint density at radius 3 is 1.50 bits per heavy atom. The predicted octanol–water partition coefficient (Wildman–Crippen LogP) is 18.8. The van der Waals surface area contributed by atoms with Gasteiger partial charge < -0.3 is 20.9 Å². The summed E-state index contributed by atoms with van der Waals surface area (Å²) in [4.78, 5) is 17.6. The summed E-state index contributed by atoms with van der Waals surface area (Å²) < 4.78 is 25.8. The number of phenols is 1. The Bertz CT molecular complexity index is 2790. The van der Waals surface area contributed by atoms with Crippen LogP contribution in [0.1, 0.15) is 197 Å². The van der Waals surface area contributed by atoms with Crippen LogP contribution in [0.4, 0.5) is 8.78 Å². The van der Waals surface area contributed by atoms with Gasteiger partial charge in [-0.15, -0.1) is 0 Å². The number of hydrogen-bond donors (Lipinski definition) is 4. The zero-order valence-electron chi connectivity index (χ0n) is 52.5. The van der Waals surface area contributed by atoms with Gasteiger partial charge in [-0.2, -0.15) is 0 Å². The smallest absolute Gasteiger partial charge is 0.241 e. The highest BCUT2D eigenvalue weighted by Crippen LogP contribution is 2.31. The fourth-order valence-corrected chi connectivity index (χ4v) is 6.49. The maximum absolute atomic E-state index is 13.0. The lowest BCUT2D eigenvalue weighted by Gasteiger charge is -2.19. The predicted molar refractivity (Wildman–Crippen MR) is 333 cm³/mol. The number of aromatic amines is 1. The number of aliphatic hydroxyl groups is 1. The van der Waals surface area contributed by atoms with E-state index >= 15 is 0 Å². The molecule has 6 aromatic rings. The van der Waals surface area contributed by atoms with Gasteiger partial charge in [-0.1, -0.05) is 208 Å². The highest BCUT2D eigenvalue weighted by molar-refractivity contribution is 6.32. The number of aromatic nitrogens is 2. The minimum absolute atomic E-state index is 0.0109. The number of H-pyrrole nitrogens is 1. The molecule has 0 bridgehead atoms. The third kappa shape index (κ3) is 31.6. The molecular formula is C69H100ClF2N3O3. The number of amides is 1. The van der Waals surface area contributed by atoms with Crippen LogP contribution in [-0.2, 0) is 31.9 Å². The molecule has 2 heterocycles. The van der Waals surface area contributed by atoms with Crippen LogP contribution in [0.5, 0.6) is 5.75 Å². The van der Waals surface area contributed by atoms with Crippen molar-refractivity contribution in [3.05, 3.63) is 177 Å². The molecule has 1 amide bonds. The average Bonchev–Trinajstić information content (AvgIpc) is 3.75. The first-order chi connectivity index (χ1) is 35.1. The third-order valence-corrected chi connectivity index (χ3v) is 11.6. The van der Waals surface area contributed by atoms with Crippen LogP contribution in [-0.4, -0.2) is 32.2 Å². The van der Waals surface area contributed by atoms with Crippen molar-refractivity contribution in [2.24, 2.45) is 16.6 Å². The second kappa shape index (κ2) is 30.6. The Balaban J connectivity index is 0.000000891. The van der Waals surface area contributed by atoms with Gasteiger partial charge in [-0.25, -0.2) is 13.8 Å². The molecule has 0 saturated carbocycles. The largest absolute Gasteiger partial charge is 0.506 e. The van der Waals surface area contributed by atoms with Gasteiger partial charge in [0, 0.05) is 23.2 Å². The fourth-order valence-electron chi connectivity index (χ4n) is 6.37. The number of primary amides is 1. The number of aliphatic hydroxyl groups excluding tert-OH is 1. The van der Waals surface area contributed by atoms with Crippen molar-refractivity contribution >= 4 is 28.5 Å². The number of phenolic OH excluding ortho intramolecular Hbond substituents is 1. The molecule has 9 heteroatoms. The number of nitrogens with one attached hydrogen (secondary N) is 1. The first-order valence-electron chi connectivity index (χ1n) is 26.9. The van der Waals surface area contributed by atoms with Crippen LogP contribution in [0.25, 0.3) is 11.0 Å². The summed E-state index contributed by atoms with van der Waals surface area (Å²) in [5.74, 6) is 5.12. The Kier molecular flexibility index (Phi) is 28.3. The maximum atomic E-state index is 13.0. The molecule has 6 rings (SSSR count). The minimum Gasteiger partial charge on any atom is -0.506 e. The highest BCUT2D eigenvalue weighted by Gasteiger charge is 2.18. The lowest BCUT2D eigenvalue weighted by Crippen LogP contribution is -2.11. The molecule has 5 N–H and O–H groups in total. The Hall–Kier alpha value is -5.75. The molecule has 0 fully saturated rings. The topological polar surface area (TPSA) is 112 Å². The maximum Gasteiger partial charge on any atom is 0.241 e. The van der Waals surface area contributed by atoms with Crippen molar-refractivity contribution < 1.29 is 23.8 Å². The second-order valence-electron chi connectivity index (χ2n) is 27.2. The van der Waals surface area contributed by atoms with Gasteiger partial charge in [0.05, 0.1) is 5.02 Å². The number of aromatic hydroxyl groups is 1. The van der Waals surface area contributed by atoms with Crippen molar-refractivity contribution in [2.75, 3.05) is 0 Å². The summed E-state index contributed by atoms with van der Waals surface area (Å²) in [6, 6.07) is 28.8. The van der Waals surface area contributed by atoms with Crippen molar-refractivity contribution in [1.29, 1.82) is 0 Å². The molecule has 0 aliphatic carbocycles. The van der Waals surface area contributed by atoms with Crippen molar-refractivity contribution in [3.8, 4) is 17.6 Å². The molecule has 0 spiro atoms. The number of nitrogens with zero attached hydrogens (tertiary/aromatic N) is 1. The average molecular weight is 1090 g/mol. The molecule has 0 radical (unpaired) electrons. The van der Waals surface area contributed by atoms with Gasteiger partial charge in [0.15, 0.2) is 0 Å². The normalized spacial score (nSPS) is 12.1. The molecule has 0 unspecified atom stereocenters. The van der Waals surface area contributed by atoms with E-state index in [9.17, 15) is 18.7 Å². The lowest BCUT2D eigenvalue weighted by molar-refractivity contribution is -0.113. The third-order valence-electron chi connectivity index (χ3n) is 11.3. The second-order valence-corrected chi connectivity index (χ2v) is 27.6. The van der Waals surface area contributed by atoms with Gasteiger partial charge >= 0.3 is 0 Å². The molecule has 0 saturated heterocycles. The molecule has 78 heavy (non-hydrogen) atoms. The Morgan fingerprint density at radius 2 is 1.12 bits per heavy atom. The van der Waals surface area contributed by atoms with Crippen LogP contribution in [0.3, 0.4) is 0 Å². The van der Waals surface area contributed by atoms with Crippen LogP contribution >= 0.6 is 11.6 Å². The molecule has 0 aliphatic heterocycles.